The van der Waals surface area contributed by atoms with Crippen LogP contribution in [0, 0.1) is 0 Å². The van der Waals surface area contributed by atoms with E-state index in [1.165, 1.54) is 0 Å². The maximum atomic E-state index is 11.4. The molecule has 0 spiro atoms. The Kier molecular flexibility index (Phi) is 9.53. The highest BCUT2D eigenvalue weighted by molar-refractivity contribution is 14.0. The highest BCUT2D eigenvalue weighted by Crippen LogP contribution is 2.26. The van der Waals surface area contributed by atoms with Gasteiger partial charge in [-0.05, 0) is 54.8 Å². The third-order valence-corrected chi connectivity index (χ3v) is 4.52. The van der Waals surface area contributed by atoms with Gasteiger partial charge in [-0.25, -0.2) is 4.99 Å². The molecule has 0 aliphatic carbocycles. The maximum Gasteiger partial charge on any atom is 0.224 e. The van der Waals surface area contributed by atoms with Crippen molar-refractivity contribution in [2.24, 2.45) is 4.99 Å². The van der Waals surface area contributed by atoms with Gasteiger partial charge in [0.25, 0.3) is 0 Å². The number of ether oxygens (including phenoxy) is 1. The number of guanidine groups is 1. The van der Waals surface area contributed by atoms with Crippen LogP contribution in [-0.4, -0.2) is 31.6 Å². The van der Waals surface area contributed by atoms with Gasteiger partial charge in [0.15, 0.2) is 5.96 Å². The van der Waals surface area contributed by atoms with Crippen molar-refractivity contribution < 1.29 is 9.53 Å². The second kappa shape index (κ2) is 11.9. The number of aliphatic imine (C=N–C) groups is 1. The average Bonchev–Trinajstić information content (AvgIpc) is 2.69. The monoisotopic (exact) mass is 528 g/mol. The Morgan fingerprint density at radius 3 is 2.86 bits per heavy atom. The summed E-state index contributed by atoms with van der Waals surface area (Å²) in [4.78, 5) is 16.0. The summed E-state index contributed by atoms with van der Waals surface area (Å²) in [5, 5.41) is 10.1. The largest absolute Gasteiger partial charge is 0.492 e. The number of anilines is 1. The lowest BCUT2D eigenvalue weighted by Gasteiger charge is -2.18. The predicted octanol–water partition coefficient (Wildman–Crippen LogP) is 3.98. The van der Waals surface area contributed by atoms with Crippen molar-refractivity contribution in [1.82, 2.24) is 10.6 Å². The van der Waals surface area contributed by atoms with E-state index in [1.807, 2.05) is 49.4 Å². The van der Waals surface area contributed by atoms with E-state index in [1.54, 1.807) is 0 Å². The van der Waals surface area contributed by atoms with E-state index in [4.69, 9.17) is 16.3 Å². The molecule has 3 N–H and O–H groups in total. The van der Waals surface area contributed by atoms with E-state index in [0.717, 1.165) is 41.5 Å². The Morgan fingerprint density at radius 2 is 2.07 bits per heavy atom. The summed E-state index contributed by atoms with van der Waals surface area (Å²) in [7, 11) is 0. The molecular formula is C21H26ClIN4O2. The Morgan fingerprint density at radius 1 is 1.21 bits per heavy atom. The van der Waals surface area contributed by atoms with Crippen molar-refractivity contribution in [3.63, 3.8) is 0 Å². The fraction of sp³-hybridized carbons (Fsp3) is 0.333. The van der Waals surface area contributed by atoms with E-state index >= 15 is 0 Å². The summed E-state index contributed by atoms with van der Waals surface area (Å²) in [5.74, 6) is 1.61. The quantitative estimate of drug-likeness (QED) is 0.220. The van der Waals surface area contributed by atoms with E-state index in [-0.39, 0.29) is 29.9 Å². The Bertz CT molecular complexity index is 860. The molecule has 0 fully saturated rings. The molecule has 156 valence electrons. The molecule has 6 nitrogen and oxygen atoms in total. The van der Waals surface area contributed by atoms with Crippen LogP contribution >= 0.6 is 35.6 Å². The maximum absolute atomic E-state index is 11.4. The average molecular weight is 529 g/mol. The first-order valence-corrected chi connectivity index (χ1v) is 9.84. The molecule has 0 aromatic heterocycles. The zero-order valence-corrected chi connectivity index (χ0v) is 19.4. The molecule has 1 heterocycles. The van der Waals surface area contributed by atoms with Crippen molar-refractivity contribution in [1.29, 1.82) is 0 Å². The SMILES string of the molecule is CCNC(=NCc1cccc(Cl)c1)NCCOc1ccc2c(c1)CCC(=O)N2.I. The number of nitrogens with one attached hydrogen (secondary N) is 3. The standard InChI is InChI=1S/C21H25ClN4O2.HI/c1-2-23-21(25-14-15-4-3-5-17(22)12-15)24-10-11-28-18-7-8-19-16(13-18)6-9-20(27)26-19;/h3-5,7-8,12-13H,2,6,9-11,14H2,1H3,(H,26,27)(H2,23,24,25);1H. The number of benzene rings is 2. The van der Waals surface area contributed by atoms with Gasteiger partial charge in [0.1, 0.15) is 12.4 Å². The van der Waals surface area contributed by atoms with Gasteiger partial charge in [-0.1, -0.05) is 23.7 Å². The van der Waals surface area contributed by atoms with Crippen LogP contribution in [0.1, 0.15) is 24.5 Å². The molecule has 0 bridgehead atoms. The van der Waals surface area contributed by atoms with Crippen LogP contribution in [0.4, 0.5) is 5.69 Å². The van der Waals surface area contributed by atoms with Crippen molar-refractivity contribution in [2.75, 3.05) is 25.0 Å². The molecular weight excluding hydrogens is 503 g/mol. The number of aryl methyl sites for hydroxylation is 1. The molecule has 2 aromatic rings. The van der Waals surface area contributed by atoms with Gasteiger partial charge in [0.05, 0.1) is 13.1 Å². The van der Waals surface area contributed by atoms with E-state index in [9.17, 15) is 4.79 Å². The fourth-order valence-electron chi connectivity index (χ4n) is 2.94. The topological polar surface area (TPSA) is 74.8 Å². The van der Waals surface area contributed by atoms with Gasteiger partial charge >= 0.3 is 0 Å². The number of carbonyl (C=O) groups is 1. The molecule has 1 aliphatic rings. The van der Waals surface area contributed by atoms with Crippen LogP contribution in [0.3, 0.4) is 0 Å². The third kappa shape index (κ3) is 7.40. The van der Waals surface area contributed by atoms with Crippen LogP contribution < -0.4 is 20.7 Å². The van der Waals surface area contributed by atoms with Crippen molar-refractivity contribution in [2.45, 2.75) is 26.3 Å². The highest BCUT2D eigenvalue weighted by atomic mass is 127. The van der Waals surface area contributed by atoms with Gasteiger partial charge in [-0.3, -0.25) is 4.79 Å². The number of hydrogen-bond acceptors (Lipinski definition) is 3. The van der Waals surface area contributed by atoms with Gasteiger partial charge < -0.3 is 20.7 Å². The lowest BCUT2D eigenvalue weighted by Crippen LogP contribution is -2.39. The summed E-state index contributed by atoms with van der Waals surface area (Å²) in [6.45, 7) is 4.48. The van der Waals surface area contributed by atoms with E-state index in [0.29, 0.717) is 31.1 Å². The molecule has 0 saturated heterocycles. The Balaban J connectivity index is 0.00000300. The second-order valence-corrected chi connectivity index (χ2v) is 6.90. The van der Waals surface area contributed by atoms with Gasteiger partial charge in [0, 0.05) is 23.7 Å². The lowest BCUT2D eigenvalue weighted by atomic mass is 10.0. The molecule has 29 heavy (non-hydrogen) atoms. The molecule has 0 radical (unpaired) electrons. The van der Waals surface area contributed by atoms with Crippen LogP contribution in [0.5, 0.6) is 5.75 Å². The highest BCUT2D eigenvalue weighted by Gasteiger charge is 2.14. The first-order valence-electron chi connectivity index (χ1n) is 9.46. The minimum atomic E-state index is 0. The molecule has 3 rings (SSSR count). The fourth-order valence-corrected chi connectivity index (χ4v) is 3.15. The van der Waals surface area contributed by atoms with E-state index in [2.05, 4.69) is 20.9 Å². The molecule has 1 amide bonds. The zero-order valence-electron chi connectivity index (χ0n) is 16.3. The molecule has 0 saturated carbocycles. The first-order chi connectivity index (χ1) is 13.6. The van der Waals surface area contributed by atoms with Crippen LogP contribution in [0.15, 0.2) is 47.5 Å². The van der Waals surface area contributed by atoms with Gasteiger partial charge in [-0.2, -0.15) is 0 Å². The van der Waals surface area contributed by atoms with Crippen molar-refractivity contribution in [3.05, 3.63) is 58.6 Å². The van der Waals surface area contributed by atoms with E-state index < -0.39 is 0 Å². The number of nitrogens with zero attached hydrogens (tertiary/aromatic N) is 1. The first kappa shape index (κ1) is 23.3. The summed E-state index contributed by atoms with van der Waals surface area (Å²) < 4.78 is 5.83. The number of rotatable bonds is 7. The minimum absolute atomic E-state index is 0. The predicted molar refractivity (Wildman–Crippen MR) is 129 cm³/mol. The molecule has 2 aromatic carbocycles. The smallest absolute Gasteiger partial charge is 0.224 e. The van der Waals surface area contributed by atoms with Crippen molar-refractivity contribution >= 4 is 53.1 Å². The molecule has 8 heteroatoms. The Hall–Kier alpha value is -2.00. The summed E-state index contributed by atoms with van der Waals surface area (Å²) in [6, 6.07) is 13.5. The number of halogens is 2. The van der Waals surface area contributed by atoms with Crippen molar-refractivity contribution in [3.8, 4) is 5.75 Å². The minimum Gasteiger partial charge on any atom is -0.492 e. The number of hydrogen-bond donors (Lipinski definition) is 3. The second-order valence-electron chi connectivity index (χ2n) is 6.47. The normalized spacial score (nSPS) is 13.0. The summed E-state index contributed by atoms with van der Waals surface area (Å²) in [6.07, 6.45) is 1.27. The number of carbonyl (C=O) groups excluding carboxylic acids is 1. The molecule has 0 unspecified atom stereocenters. The molecule has 0 atom stereocenters. The number of amides is 1. The third-order valence-electron chi connectivity index (χ3n) is 4.29. The van der Waals surface area contributed by atoms with Gasteiger partial charge in [-0.15, -0.1) is 24.0 Å². The zero-order chi connectivity index (χ0) is 19.8. The van der Waals surface area contributed by atoms with Crippen LogP contribution in [0.25, 0.3) is 0 Å². The summed E-state index contributed by atoms with van der Waals surface area (Å²) >= 11 is 6.02. The number of fused-ring (bicyclic) bond motifs is 1. The van der Waals surface area contributed by atoms with Gasteiger partial charge in [0.2, 0.25) is 5.91 Å². The summed E-state index contributed by atoms with van der Waals surface area (Å²) in [5.41, 5.74) is 3.05. The molecule has 1 aliphatic heterocycles. The van der Waals surface area contributed by atoms with Crippen LogP contribution in [-0.2, 0) is 17.8 Å². The lowest BCUT2D eigenvalue weighted by molar-refractivity contribution is -0.116. The van der Waals surface area contributed by atoms with Crippen LogP contribution in [0.2, 0.25) is 5.02 Å². The Labute approximate surface area is 193 Å².